The van der Waals surface area contributed by atoms with E-state index in [1.165, 1.54) is 154 Å². The van der Waals surface area contributed by atoms with Crippen LogP contribution >= 0.6 is 0 Å². The van der Waals surface area contributed by atoms with Crippen molar-refractivity contribution in [3.8, 4) is 0 Å². The summed E-state index contributed by atoms with van der Waals surface area (Å²) in [5, 5.41) is 0. The van der Waals surface area contributed by atoms with Crippen LogP contribution in [0, 0.1) is 0 Å². The molecule has 0 atom stereocenters. The molecule has 2 fully saturated rings. The van der Waals surface area contributed by atoms with Crippen molar-refractivity contribution in [2.75, 3.05) is 0 Å². The van der Waals surface area contributed by atoms with E-state index < -0.39 is 0 Å². The zero-order chi connectivity index (χ0) is 18.8. The predicted octanol–water partition coefficient (Wildman–Crippen LogP) is 9.66. The van der Waals surface area contributed by atoms with Gasteiger partial charge in [-0.1, -0.05) is 166 Å². The van der Waals surface area contributed by atoms with Gasteiger partial charge in [0.15, 0.2) is 0 Å². The smallest absolute Gasteiger partial charge is 0.0686 e. The van der Waals surface area contributed by atoms with Gasteiger partial charge in [-0.2, -0.15) is 0 Å². The molecule has 0 unspecified atom stereocenters. The first-order valence-corrected chi connectivity index (χ1v) is 13.3. The van der Waals surface area contributed by atoms with Crippen molar-refractivity contribution < 1.29 is 0 Å². The lowest BCUT2D eigenvalue weighted by molar-refractivity contribution is 0.486. The summed E-state index contributed by atoms with van der Waals surface area (Å²) in [6.45, 7) is 0. The van der Waals surface area contributed by atoms with Gasteiger partial charge in [-0.15, -0.1) is 0 Å². The Morgan fingerprint density at radius 3 is 0.667 bits per heavy atom. The van der Waals surface area contributed by atoms with Crippen LogP contribution in [0.15, 0.2) is 0 Å². The van der Waals surface area contributed by atoms with Gasteiger partial charge in [-0.05, 0) is 0 Å². The highest BCUT2D eigenvalue weighted by atomic mass is 14.1. The monoisotopic (exact) mass is 373 g/mol. The number of hydrogen-bond acceptors (Lipinski definition) is 0. The van der Waals surface area contributed by atoms with Gasteiger partial charge in [0.1, 0.15) is 7.28 Å². The fourth-order valence-electron chi connectivity index (χ4n) is 5.51. The first kappa shape index (κ1) is 23.3. The van der Waals surface area contributed by atoms with Crippen LogP contribution < -0.4 is 0 Å². The van der Waals surface area contributed by atoms with Crippen LogP contribution in [-0.2, 0) is 0 Å². The van der Waals surface area contributed by atoms with Crippen molar-refractivity contribution in [1.82, 2.24) is 0 Å². The maximum absolute atomic E-state index is 2.89. The summed E-state index contributed by atoms with van der Waals surface area (Å²) in [7, 11) is 2.89. The van der Waals surface area contributed by atoms with Gasteiger partial charge < -0.3 is 0 Å². The molecule has 2 aliphatic rings. The molecule has 2 saturated carbocycles. The molecule has 27 heavy (non-hydrogen) atoms. The van der Waals surface area contributed by atoms with Crippen molar-refractivity contribution >= 4 is 7.28 Å². The molecule has 0 N–H and O–H groups in total. The van der Waals surface area contributed by atoms with Crippen molar-refractivity contribution in [3.05, 3.63) is 0 Å². The fourth-order valence-corrected chi connectivity index (χ4v) is 5.51. The Morgan fingerprint density at radius 1 is 0.259 bits per heavy atom. The third-order valence-electron chi connectivity index (χ3n) is 7.34. The van der Waals surface area contributed by atoms with Crippen molar-refractivity contribution in [1.29, 1.82) is 0 Å². The van der Waals surface area contributed by atoms with E-state index in [1.807, 2.05) is 0 Å². The molecule has 1 radical (unpaired) electrons. The summed E-state index contributed by atoms with van der Waals surface area (Å²) < 4.78 is 0. The lowest BCUT2D eigenvalue weighted by Crippen LogP contribution is -2.13. The van der Waals surface area contributed by atoms with E-state index in [9.17, 15) is 0 Å². The van der Waals surface area contributed by atoms with Crippen LogP contribution in [0.1, 0.15) is 154 Å². The third-order valence-corrected chi connectivity index (χ3v) is 7.34. The Hall–Kier alpha value is 0.0649. The molecule has 0 aliphatic heterocycles. The first-order valence-electron chi connectivity index (χ1n) is 13.3. The van der Waals surface area contributed by atoms with Crippen LogP contribution in [0.5, 0.6) is 0 Å². The van der Waals surface area contributed by atoms with Crippen molar-refractivity contribution in [2.45, 2.75) is 166 Å². The van der Waals surface area contributed by atoms with Gasteiger partial charge in [-0.3, -0.25) is 0 Å². The lowest BCUT2D eigenvalue weighted by Gasteiger charge is -2.24. The van der Waals surface area contributed by atoms with Crippen molar-refractivity contribution in [3.63, 3.8) is 0 Å². The molecule has 0 amide bonds. The molecule has 0 nitrogen and oxygen atoms in total. The molecule has 0 aromatic heterocycles. The number of rotatable bonds is 2. The quantitative estimate of drug-likeness (QED) is 0.423. The van der Waals surface area contributed by atoms with Crippen LogP contribution in [0.4, 0.5) is 0 Å². The Labute approximate surface area is 173 Å². The third kappa shape index (κ3) is 13.0. The zero-order valence-electron chi connectivity index (χ0n) is 18.7. The van der Waals surface area contributed by atoms with Gasteiger partial charge in [0, 0.05) is 0 Å². The highest BCUT2D eigenvalue weighted by Gasteiger charge is 2.18. The van der Waals surface area contributed by atoms with Gasteiger partial charge >= 0.3 is 0 Å². The Kier molecular flexibility index (Phi) is 14.7. The molecule has 0 heterocycles. The van der Waals surface area contributed by atoms with E-state index in [2.05, 4.69) is 7.28 Å². The molecule has 0 saturated heterocycles. The van der Waals surface area contributed by atoms with Crippen molar-refractivity contribution in [2.24, 2.45) is 0 Å². The van der Waals surface area contributed by atoms with E-state index in [1.54, 1.807) is 0 Å². The van der Waals surface area contributed by atoms with Crippen LogP contribution in [0.3, 0.4) is 0 Å². The Bertz CT molecular complexity index is 287. The normalized spacial score (nSPS) is 25.6. The average molecular weight is 373 g/mol. The molecule has 157 valence electrons. The van der Waals surface area contributed by atoms with Crippen LogP contribution in [-0.4, -0.2) is 7.28 Å². The van der Waals surface area contributed by atoms with Gasteiger partial charge in [0.25, 0.3) is 0 Å². The van der Waals surface area contributed by atoms with E-state index in [0.717, 1.165) is 11.6 Å². The second-order valence-corrected chi connectivity index (χ2v) is 9.94. The maximum atomic E-state index is 2.89. The zero-order valence-corrected chi connectivity index (χ0v) is 18.7. The largest absolute Gasteiger partial charge is 0.117 e. The SMILES string of the molecule is [B](C1CCCCCCCCCCCCC1)C1CCCCCCCCCCC1. The summed E-state index contributed by atoms with van der Waals surface area (Å²) in [6, 6.07) is 0. The molecule has 2 rings (SSSR count). The lowest BCUT2D eigenvalue weighted by atomic mass is 9.50. The second-order valence-electron chi connectivity index (χ2n) is 9.94. The molecule has 1 heteroatoms. The molecule has 0 aromatic rings. The van der Waals surface area contributed by atoms with E-state index in [4.69, 9.17) is 0 Å². The average Bonchev–Trinajstić information content (AvgIpc) is 2.67. The molecular weight excluding hydrogens is 323 g/mol. The minimum Gasteiger partial charge on any atom is -0.0686 e. The van der Waals surface area contributed by atoms with Gasteiger partial charge in [0.05, 0.1) is 0 Å². The highest BCUT2D eigenvalue weighted by molar-refractivity contribution is 6.39. The summed E-state index contributed by atoms with van der Waals surface area (Å²) >= 11 is 0. The van der Waals surface area contributed by atoms with Crippen LogP contribution in [0.2, 0.25) is 11.6 Å². The predicted molar refractivity (Wildman–Crippen MR) is 124 cm³/mol. The van der Waals surface area contributed by atoms with E-state index in [-0.39, 0.29) is 0 Å². The summed E-state index contributed by atoms with van der Waals surface area (Å²) in [6.07, 6.45) is 35.9. The molecular formula is C26H50B. The standard InChI is InChI=1S/C26H50B/c1-2-5-9-13-17-21-25(22-18-14-10-6-3-1)27-26-23-19-15-11-7-4-8-12-16-20-24-26/h25-26H,1-24H2. The minimum absolute atomic E-state index is 0.936. The van der Waals surface area contributed by atoms with Gasteiger partial charge in [0.2, 0.25) is 0 Å². The summed E-state index contributed by atoms with van der Waals surface area (Å²) in [5.41, 5.74) is 0. The Morgan fingerprint density at radius 2 is 0.444 bits per heavy atom. The molecule has 0 spiro atoms. The molecule has 0 bridgehead atoms. The maximum Gasteiger partial charge on any atom is 0.117 e. The fraction of sp³-hybridized carbons (Fsp3) is 1.00. The molecule has 0 aromatic carbocycles. The number of hydrogen-bond donors (Lipinski definition) is 0. The summed E-state index contributed by atoms with van der Waals surface area (Å²) in [5.74, 6) is 1.87. The highest BCUT2D eigenvalue weighted by Crippen LogP contribution is 2.32. The topological polar surface area (TPSA) is 0 Å². The van der Waals surface area contributed by atoms with Crippen LogP contribution in [0.25, 0.3) is 0 Å². The second kappa shape index (κ2) is 17.0. The van der Waals surface area contributed by atoms with E-state index in [0.29, 0.717) is 0 Å². The first-order chi connectivity index (χ1) is 13.4. The van der Waals surface area contributed by atoms with E-state index >= 15 is 0 Å². The summed E-state index contributed by atoms with van der Waals surface area (Å²) in [4.78, 5) is 0. The minimum atomic E-state index is 0.936. The Balaban J connectivity index is 1.76. The van der Waals surface area contributed by atoms with Gasteiger partial charge in [-0.25, -0.2) is 0 Å². The molecule has 2 aliphatic carbocycles.